The lowest BCUT2D eigenvalue weighted by Crippen LogP contribution is -2.06. The molecule has 98 valence electrons. The Morgan fingerprint density at radius 3 is 2.74 bits per heavy atom. The zero-order chi connectivity index (χ0) is 13.7. The second-order valence-electron chi connectivity index (χ2n) is 4.62. The van der Waals surface area contributed by atoms with E-state index in [9.17, 15) is 4.39 Å². The van der Waals surface area contributed by atoms with Crippen molar-refractivity contribution in [3.8, 4) is 5.69 Å². The number of nitrogens with zero attached hydrogens (tertiary/aromatic N) is 4. The summed E-state index contributed by atoms with van der Waals surface area (Å²) in [7, 11) is 1.82. The van der Waals surface area contributed by atoms with E-state index in [1.165, 1.54) is 12.1 Å². The van der Waals surface area contributed by atoms with Gasteiger partial charge < -0.3 is 5.73 Å². The third kappa shape index (κ3) is 1.60. The molecule has 19 heavy (non-hydrogen) atoms. The van der Waals surface area contributed by atoms with Crippen LogP contribution < -0.4 is 5.73 Å². The fourth-order valence-electron chi connectivity index (χ4n) is 2.35. The maximum absolute atomic E-state index is 13.5. The van der Waals surface area contributed by atoms with Crippen LogP contribution in [0.2, 0.25) is 0 Å². The smallest absolute Gasteiger partial charge is 0.207 e. The summed E-state index contributed by atoms with van der Waals surface area (Å²) in [6.45, 7) is 3.78. The molecule has 0 spiro atoms. The van der Waals surface area contributed by atoms with E-state index in [1.54, 1.807) is 15.3 Å². The number of imidazole rings is 1. The van der Waals surface area contributed by atoms with Gasteiger partial charge in [0.25, 0.3) is 0 Å². The third-order valence-corrected chi connectivity index (χ3v) is 3.24. The van der Waals surface area contributed by atoms with E-state index in [0.29, 0.717) is 11.6 Å². The zero-order valence-electron chi connectivity index (χ0n) is 11.0. The van der Waals surface area contributed by atoms with Crippen LogP contribution in [0.25, 0.3) is 16.9 Å². The van der Waals surface area contributed by atoms with Crippen LogP contribution in [0.1, 0.15) is 11.3 Å². The van der Waals surface area contributed by atoms with Crippen LogP contribution in [0.15, 0.2) is 18.2 Å². The van der Waals surface area contributed by atoms with Crippen LogP contribution in [0.3, 0.4) is 0 Å². The Labute approximate surface area is 109 Å². The number of rotatable bonds is 1. The van der Waals surface area contributed by atoms with E-state index in [-0.39, 0.29) is 5.82 Å². The Hall–Kier alpha value is -2.37. The molecular formula is C13H14FN5. The zero-order valence-corrected chi connectivity index (χ0v) is 11.0. The SMILES string of the molecule is Cc1ccc(F)cc1-n1c(N)nc2c(C)nn(C)c21. The van der Waals surface area contributed by atoms with E-state index >= 15 is 0 Å². The van der Waals surface area contributed by atoms with Gasteiger partial charge in [-0.2, -0.15) is 5.10 Å². The number of nitrogens with two attached hydrogens (primary N) is 1. The summed E-state index contributed by atoms with van der Waals surface area (Å²) in [5, 5.41) is 4.31. The number of hydrogen-bond donors (Lipinski definition) is 1. The molecule has 0 aliphatic carbocycles. The molecule has 0 saturated heterocycles. The maximum atomic E-state index is 13.5. The first-order chi connectivity index (χ1) is 8.99. The molecule has 0 radical (unpaired) electrons. The number of benzene rings is 1. The first-order valence-electron chi connectivity index (χ1n) is 5.93. The van der Waals surface area contributed by atoms with Crippen LogP contribution in [-0.4, -0.2) is 19.3 Å². The van der Waals surface area contributed by atoms with Gasteiger partial charge in [-0.15, -0.1) is 0 Å². The summed E-state index contributed by atoms with van der Waals surface area (Å²) < 4.78 is 16.9. The summed E-state index contributed by atoms with van der Waals surface area (Å²) in [5.74, 6) is 0.0283. The van der Waals surface area contributed by atoms with Crippen molar-refractivity contribution in [3.63, 3.8) is 0 Å². The van der Waals surface area contributed by atoms with Crippen molar-refractivity contribution in [1.29, 1.82) is 0 Å². The van der Waals surface area contributed by atoms with Gasteiger partial charge in [0, 0.05) is 7.05 Å². The van der Waals surface area contributed by atoms with Crippen molar-refractivity contribution in [2.75, 3.05) is 5.73 Å². The predicted octanol–water partition coefficient (Wildman–Crippen LogP) is 2.10. The monoisotopic (exact) mass is 259 g/mol. The minimum atomic E-state index is -0.305. The van der Waals surface area contributed by atoms with Gasteiger partial charge in [-0.05, 0) is 31.5 Å². The largest absolute Gasteiger partial charge is 0.369 e. The first-order valence-corrected chi connectivity index (χ1v) is 5.93. The van der Waals surface area contributed by atoms with E-state index in [2.05, 4.69) is 10.1 Å². The lowest BCUT2D eigenvalue weighted by molar-refractivity contribution is 0.626. The molecule has 2 N–H and O–H groups in total. The molecule has 6 heteroatoms. The quantitative estimate of drug-likeness (QED) is 0.728. The van der Waals surface area contributed by atoms with E-state index in [0.717, 1.165) is 22.4 Å². The van der Waals surface area contributed by atoms with Gasteiger partial charge in [0.05, 0.1) is 11.4 Å². The van der Waals surface area contributed by atoms with Crippen molar-refractivity contribution in [3.05, 3.63) is 35.3 Å². The normalized spacial score (nSPS) is 11.4. The van der Waals surface area contributed by atoms with E-state index < -0.39 is 0 Å². The average molecular weight is 259 g/mol. The predicted molar refractivity (Wildman–Crippen MR) is 71.7 cm³/mol. The topological polar surface area (TPSA) is 61.7 Å². The molecule has 0 amide bonds. The minimum Gasteiger partial charge on any atom is -0.369 e. The lowest BCUT2D eigenvalue weighted by Gasteiger charge is -2.10. The highest BCUT2D eigenvalue weighted by Gasteiger charge is 2.18. The minimum absolute atomic E-state index is 0.305. The molecule has 1 aromatic carbocycles. The fraction of sp³-hybridized carbons (Fsp3) is 0.231. The summed E-state index contributed by atoms with van der Waals surface area (Å²) in [6, 6.07) is 4.60. The Balaban J connectivity index is 2.42. The number of aromatic nitrogens is 4. The van der Waals surface area contributed by atoms with Crippen molar-refractivity contribution < 1.29 is 4.39 Å². The van der Waals surface area contributed by atoms with Crippen molar-refractivity contribution in [2.24, 2.45) is 7.05 Å². The second kappa shape index (κ2) is 3.81. The average Bonchev–Trinajstić information content (AvgIpc) is 2.81. The summed E-state index contributed by atoms with van der Waals surface area (Å²) in [4.78, 5) is 4.32. The molecule has 3 rings (SSSR count). The Morgan fingerprint density at radius 2 is 2.00 bits per heavy atom. The first kappa shape index (κ1) is 11.7. The van der Waals surface area contributed by atoms with Gasteiger partial charge in [-0.3, -0.25) is 4.57 Å². The Kier molecular flexibility index (Phi) is 2.35. The van der Waals surface area contributed by atoms with Crippen LogP contribution in [0, 0.1) is 19.7 Å². The van der Waals surface area contributed by atoms with Gasteiger partial charge >= 0.3 is 0 Å². The standard InChI is InChI=1S/C13H14FN5/c1-7-4-5-9(14)6-10(7)19-12-11(16-13(19)15)8(2)17-18(12)3/h4-6H,1-3H3,(H2,15,16). The Bertz CT molecular complexity index is 784. The van der Waals surface area contributed by atoms with Crippen molar-refractivity contribution >= 4 is 17.1 Å². The number of hydrogen-bond acceptors (Lipinski definition) is 3. The summed E-state index contributed by atoms with van der Waals surface area (Å²) in [5.41, 5.74) is 9.89. The van der Waals surface area contributed by atoms with Crippen LogP contribution in [-0.2, 0) is 7.05 Å². The fourth-order valence-corrected chi connectivity index (χ4v) is 2.35. The molecule has 0 bridgehead atoms. The third-order valence-electron chi connectivity index (χ3n) is 3.24. The van der Waals surface area contributed by atoms with Gasteiger partial charge in [-0.1, -0.05) is 6.07 Å². The van der Waals surface area contributed by atoms with Crippen molar-refractivity contribution in [1.82, 2.24) is 19.3 Å². The molecule has 0 aliphatic rings. The van der Waals surface area contributed by atoms with Crippen LogP contribution >= 0.6 is 0 Å². The van der Waals surface area contributed by atoms with Crippen molar-refractivity contribution in [2.45, 2.75) is 13.8 Å². The summed E-state index contributed by atoms with van der Waals surface area (Å²) in [6.07, 6.45) is 0. The molecule has 0 unspecified atom stereocenters. The van der Waals surface area contributed by atoms with Crippen LogP contribution in [0.5, 0.6) is 0 Å². The molecule has 5 nitrogen and oxygen atoms in total. The van der Waals surface area contributed by atoms with Crippen LogP contribution in [0.4, 0.5) is 10.3 Å². The molecule has 3 aromatic rings. The molecule has 0 saturated carbocycles. The second-order valence-corrected chi connectivity index (χ2v) is 4.62. The number of fused-ring (bicyclic) bond motifs is 1. The van der Waals surface area contributed by atoms with E-state index in [1.807, 2.05) is 20.9 Å². The van der Waals surface area contributed by atoms with Gasteiger partial charge in [0.1, 0.15) is 11.3 Å². The number of aryl methyl sites for hydroxylation is 3. The molecule has 0 aliphatic heterocycles. The maximum Gasteiger partial charge on any atom is 0.207 e. The van der Waals surface area contributed by atoms with Gasteiger partial charge in [0.15, 0.2) is 5.65 Å². The molecule has 0 atom stereocenters. The number of halogens is 1. The lowest BCUT2D eigenvalue weighted by atomic mass is 10.2. The molecule has 2 heterocycles. The molecular weight excluding hydrogens is 245 g/mol. The molecule has 0 fully saturated rings. The summed E-state index contributed by atoms with van der Waals surface area (Å²) >= 11 is 0. The number of nitrogen functional groups attached to an aromatic ring is 1. The molecule has 2 aromatic heterocycles. The highest BCUT2D eigenvalue weighted by molar-refractivity contribution is 5.80. The highest BCUT2D eigenvalue weighted by atomic mass is 19.1. The Morgan fingerprint density at radius 1 is 1.26 bits per heavy atom. The highest BCUT2D eigenvalue weighted by Crippen LogP contribution is 2.26. The van der Waals surface area contributed by atoms with Gasteiger partial charge in [-0.25, -0.2) is 14.1 Å². The number of anilines is 1. The van der Waals surface area contributed by atoms with Gasteiger partial charge in [0.2, 0.25) is 5.95 Å². The van der Waals surface area contributed by atoms with E-state index in [4.69, 9.17) is 5.73 Å².